The number of likely N-dealkylation sites (tertiary alicyclic amines) is 1. The Hall–Kier alpha value is -1.79. The van der Waals surface area contributed by atoms with E-state index in [9.17, 15) is 0 Å². The maximum atomic E-state index is 5.52. The second kappa shape index (κ2) is 6.18. The fourth-order valence-electron chi connectivity index (χ4n) is 3.68. The Kier molecular flexibility index (Phi) is 3.82. The standard InChI is InChI=1S/C19H22N4OS/c1-12(18-21-17(22-24-18)13-6-7-13)23-10-8-14(9-11-23)19-20-15-4-2-3-5-16(15)25-19/h2-5,12-14H,6-11H2,1H3. The predicted octanol–water partition coefficient (Wildman–Crippen LogP) is 4.50. The quantitative estimate of drug-likeness (QED) is 0.690. The Morgan fingerprint density at radius 2 is 1.88 bits per heavy atom. The van der Waals surface area contributed by atoms with Crippen LogP contribution in [0.1, 0.15) is 67.2 Å². The zero-order valence-electron chi connectivity index (χ0n) is 14.4. The SMILES string of the molecule is CC(c1nc(C2CC2)no1)N1CCC(c2nc3ccccc3s2)CC1. The van der Waals surface area contributed by atoms with Crippen molar-refractivity contribution in [1.29, 1.82) is 0 Å². The molecule has 3 heterocycles. The predicted molar refractivity (Wildman–Crippen MR) is 97.9 cm³/mol. The Bertz CT molecular complexity index is 843. The van der Waals surface area contributed by atoms with E-state index < -0.39 is 0 Å². The van der Waals surface area contributed by atoms with Crippen LogP contribution in [0.15, 0.2) is 28.8 Å². The van der Waals surface area contributed by atoms with Gasteiger partial charge in [0.1, 0.15) is 0 Å². The van der Waals surface area contributed by atoms with Crippen molar-refractivity contribution in [3.8, 4) is 0 Å². The van der Waals surface area contributed by atoms with Crippen LogP contribution in [0, 0.1) is 0 Å². The molecule has 6 heteroatoms. The third-order valence-corrected chi connectivity index (χ3v) is 6.69. The number of hydrogen-bond acceptors (Lipinski definition) is 6. The second-order valence-corrected chi connectivity index (χ2v) is 8.33. The highest BCUT2D eigenvalue weighted by Crippen LogP contribution is 2.39. The molecule has 1 aliphatic heterocycles. The minimum Gasteiger partial charge on any atom is -0.338 e. The van der Waals surface area contributed by atoms with Crippen LogP contribution in [0.25, 0.3) is 10.2 Å². The Labute approximate surface area is 151 Å². The highest BCUT2D eigenvalue weighted by molar-refractivity contribution is 7.18. The van der Waals surface area contributed by atoms with Crippen molar-refractivity contribution in [3.63, 3.8) is 0 Å². The van der Waals surface area contributed by atoms with Gasteiger partial charge in [0.25, 0.3) is 0 Å². The Morgan fingerprint density at radius 1 is 1.08 bits per heavy atom. The van der Waals surface area contributed by atoms with E-state index >= 15 is 0 Å². The number of rotatable bonds is 4. The van der Waals surface area contributed by atoms with E-state index in [1.165, 1.54) is 22.5 Å². The summed E-state index contributed by atoms with van der Waals surface area (Å²) in [5.41, 5.74) is 1.14. The molecule has 1 saturated carbocycles. The fourth-order valence-corrected chi connectivity index (χ4v) is 4.82. The zero-order valence-corrected chi connectivity index (χ0v) is 15.2. The first-order chi connectivity index (χ1) is 12.3. The zero-order chi connectivity index (χ0) is 16.8. The van der Waals surface area contributed by atoms with E-state index in [1.807, 2.05) is 11.3 Å². The number of thiazole rings is 1. The Balaban J connectivity index is 1.25. The van der Waals surface area contributed by atoms with Crippen LogP contribution in [0.2, 0.25) is 0 Å². The number of nitrogens with zero attached hydrogens (tertiary/aromatic N) is 4. The summed E-state index contributed by atoms with van der Waals surface area (Å²) in [6.07, 6.45) is 4.71. The Morgan fingerprint density at radius 3 is 2.64 bits per heavy atom. The molecule has 3 aromatic rings. The minimum atomic E-state index is 0.205. The van der Waals surface area contributed by atoms with Gasteiger partial charge in [-0.05, 0) is 57.8 Å². The van der Waals surface area contributed by atoms with Gasteiger partial charge in [-0.25, -0.2) is 4.98 Å². The lowest BCUT2D eigenvalue weighted by atomic mass is 9.96. The molecule has 1 saturated heterocycles. The van der Waals surface area contributed by atoms with Gasteiger partial charge in [-0.2, -0.15) is 4.98 Å². The molecule has 25 heavy (non-hydrogen) atoms. The minimum absolute atomic E-state index is 0.205. The van der Waals surface area contributed by atoms with E-state index in [0.29, 0.717) is 11.8 Å². The number of piperidine rings is 1. The van der Waals surface area contributed by atoms with Crippen molar-refractivity contribution in [2.24, 2.45) is 0 Å². The lowest BCUT2D eigenvalue weighted by Crippen LogP contribution is -2.35. The molecule has 0 amide bonds. The number of hydrogen-bond donors (Lipinski definition) is 0. The number of benzene rings is 1. The summed E-state index contributed by atoms with van der Waals surface area (Å²) in [6, 6.07) is 8.64. The average Bonchev–Trinajstić information content (AvgIpc) is 3.22. The van der Waals surface area contributed by atoms with E-state index in [0.717, 1.165) is 43.2 Å². The van der Waals surface area contributed by atoms with Crippen LogP contribution in [-0.2, 0) is 0 Å². The molecule has 130 valence electrons. The highest BCUT2D eigenvalue weighted by atomic mass is 32.1. The van der Waals surface area contributed by atoms with Gasteiger partial charge in [-0.1, -0.05) is 17.3 Å². The summed E-state index contributed by atoms with van der Waals surface area (Å²) in [6.45, 7) is 4.30. The number of fused-ring (bicyclic) bond motifs is 1. The molecule has 2 aromatic heterocycles. The molecule has 1 aliphatic carbocycles. The second-order valence-electron chi connectivity index (χ2n) is 7.27. The highest BCUT2D eigenvalue weighted by Gasteiger charge is 2.32. The first kappa shape index (κ1) is 15.5. The summed E-state index contributed by atoms with van der Waals surface area (Å²) in [5, 5.41) is 5.45. The summed E-state index contributed by atoms with van der Waals surface area (Å²) in [5.74, 6) is 2.81. The summed E-state index contributed by atoms with van der Waals surface area (Å²) >= 11 is 1.85. The molecule has 2 aliphatic rings. The smallest absolute Gasteiger partial charge is 0.243 e. The number of aromatic nitrogens is 3. The summed E-state index contributed by atoms with van der Waals surface area (Å²) in [4.78, 5) is 11.9. The molecule has 5 nitrogen and oxygen atoms in total. The maximum Gasteiger partial charge on any atom is 0.243 e. The topological polar surface area (TPSA) is 55.1 Å². The van der Waals surface area contributed by atoms with Crippen molar-refractivity contribution in [1.82, 2.24) is 20.0 Å². The van der Waals surface area contributed by atoms with Crippen LogP contribution >= 0.6 is 11.3 Å². The van der Waals surface area contributed by atoms with Crippen LogP contribution in [0.3, 0.4) is 0 Å². The third-order valence-electron chi connectivity index (χ3n) is 5.49. The van der Waals surface area contributed by atoms with E-state index in [4.69, 9.17) is 9.51 Å². The van der Waals surface area contributed by atoms with E-state index in [2.05, 4.69) is 46.2 Å². The lowest BCUT2D eigenvalue weighted by Gasteiger charge is -2.33. The number of para-hydroxylation sites is 1. The van der Waals surface area contributed by atoms with Gasteiger partial charge in [0.15, 0.2) is 5.82 Å². The first-order valence-electron chi connectivity index (χ1n) is 9.21. The molecule has 0 bridgehead atoms. The fraction of sp³-hybridized carbons (Fsp3) is 0.526. The van der Waals surface area contributed by atoms with Gasteiger partial charge in [-0.3, -0.25) is 4.90 Å². The normalized spacial score (nSPS) is 21.0. The van der Waals surface area contributed by atoms with Gasteiger partial charge in [-0.15, -0.1) is 11.3 Å². The monoisotopic (exact) mass is 354 g/mol. The van der Waals surface area contributed by atoms with Gasteiger partial charge in [0.05, 0.1) is 21.3 Å². The maximum absolute atomic E-state index is 5.52. The molecule has 2 fully saturated rings. The molecular formula is C19H22N4OS. The van der Waals surface area contributed by atoms with Gasteiger partial charge in [0.2, 0.25) is 5.89 Å². The van der Waals surface area contributed by atoms with Crippen molar-refractivity contribution >= 4 is 21.6 Å². The molecule has 0 radical (unpaired) electrons. The van der Waals surface area contributed by atoms with Gasteiger partial charge >= 0.3 is 0 Å². The van der Waals surface area contributed by atoms with Crippen LogP contribution in [0.5, 0.6) is 0 Å². The molecule has 1 aromatic carbocycles. The third kappa shape index (κ3) is 2.98. The summed E-state index contributed by atoms with van der Waals surface area (Å²) in [7, 11) is 0. The van der Waals surface area contributed by atoms with Crippen molar-refractivity contribution in [2.45, 2.75) is 50.5 Å². The van der Waals surface area contributed by atoms with Gasteiger partial charge < -0.3 is 4.52 Å². The lowest BCUT2D eigenvalue weighted by molar-refractivity contribution is 0.136. The molecule has 1 atom stereocenters. The van der Waals surface area contributed by atoms with Crippen molar-refractivity contribution < 1.29 is 4.52 Å². The van der Waals surface area contributed by atoms with Crippen molar-refractivity contribution in [2.75, 3.05) is 13.1 Å². The molecule has 0 spiro atoms. The largest absolute Gasteiger partial charge is 0.338 e. The first-order valence-corrected chi connectivity index (χ1v) is 10.0. The van der Waals surface area contributed by atoms with Crippen LogP contribution < -0.4 is 0 Å². The van der Waals surface area contributed by atoms with Crippen LogP contribution in [0.4, 0.5) is 0 Å². The molecule has 5 rings (SSSR count). The van der Waals surface area contributed by atoms with Gasteiger partial charge in [0, 0.05) is 11.8 Å². The van der Waals surface area contributed by atoms with Crippen molar-refractivity contribution in [3.05, 3.63) is 41.0 Å². The molecular weight excluding hydrogens is 332 g/mol. The van der Waals surface area contributed by atoms with E-state index in [1.54, 1.807) is 0 Å². The van der Waals surface area contributed by atoms with Crippen LogP contribution in [-0.4, -0.2) is 33.1 Å². The molecule has 0 N–H and O–H groups in total. The van der Waals surface area contributed by atoms with E-state index in [-0.39, 0.29) is 6.04 Å². The average molecular weight is 354 g/mol. The summed E-state index contributed by atoms with van der Waals surface area (Å²) < 4.78 is 6.82. The molecule has 1 unspecified atom stereocenters.